The molecule has 0 radical (unpaired) electrons. The molecule has 1 aromatic heterocycles. The number of piperazine rings is 1. The number of carbonyl (C=O) groups is 2. The molecule has 26 heavy (non-hydrogen) atoms. The number of nitrogens with zero attached hydrogens (tertiary/aromatic N) is 3. The third kappa shape index (κ3) is 4.44. The molecule has 1 atom stereocenters. The zero-order chi connectivity index (χ0) is 18.5. The molecule has 1 aromatic carbocycles. The van der Waals surface area contributed by atoms with Crippen LogP contribution in [0.5, 0.6) is 0 Å². The van der Waals surface area contributed by atoms with Crippen molar-refractivity contribution < 1.29 is 9.59 Å². The maximum absolute atomic E-state index is 12.4. The maximum Gasteiger partial charge on any atom is 0.237 e. The fourth-order valence-corrected chi connectivity index (χ4v) is 3.59. The van der Waals surface area contributed by atoms with Crippen LogP contribution in [0.25, 0.3) is 0 Å². The molecule has 0 bridgehead atoms. The lowest BCUT2D eigenvalue weighted by Gasteiger charge is -2.35. The van der Waals surface area contributed by atoms with Crippen LogP contribution in [0.2, 0.25) is 0 Å². The van der Waals surface area contributed by atoms with Crippen molar-refractivity contribution in [3.05, 3.63) is 46.0 Å². The highest BCUT2D eigenvalue weighted by Gasteiger charge is 2.31. The number of carbonyl (C=O) groups excluding carboxylic acids is 2. The summed E-state index contributed by atoms with van der Waals surface area (Å²) in [6.07, 6.45) is 0.142. The van der Waals surface area contributed by atoms with Gasteiger partial charge in [0.15, 0.2) is 0 Å². The van der Waals surface area contributed by atoms with Crippen LogP contribution in [-0.2, 0) is 22.7 Å². The molecule has 7 nitrogen and oxygen atoms in total. The predicted octanol–water partition coefficient (Wildman–Crippen LogP) is 1.16. The summed E-state index contributed by atoms with van der Waals surface area (Å²) >= 11 is 1.28. The van der Waals surface area contributed by atoms with Gasteiger partial charge in [0.1, 0.15) is 0 Å². The summed E-state index contributed by atoms with van der Waals surface area (Å²) in [7, 11) is 0. The minimum Gasteiger partial charge on any atom is -0.353 e. The minimum absolute atomic E-state index is 0.0874. The van der Waals surface area contributed by atoms with Gasteiger partial charge in [-0.3, -0.25) is 14.5 Å². The molecule has 2 aromatic rings. The smallest absolute Gasteiger partial charge is 0.237 e. The van der Waals surface area contributed by atoms with Crippen LogP contribution in [0.1, 0.15) is 28.1 Å². The Bertz CT molecular complexity index is 791. The van der Waals surface area contributed by atoms with E-state index in [4.69, 9.17) is 0 Å². The number of benzene rings is 1. The Hall–Kier alpha value is -2.32. The van der Waals surface area contributed by atoms with Gasteiger partial charge in [-0.25, -0.2) is 0 Å². The highest BCUT2D eigenvalue weighted by Crippen LogP contribution is 2.16. The van der Waals surface area contributed by atoms with Crippen LogP contribution in [0.4, 0.5) is 0 Å². The first-order valence-corrected chi connectivity index (χ1v) is 9.42. The summed E-state index contributed by atoms with van der Waals surface area (Å²) in [5.74, 6) is -0.231. The van der Waals surface area contributed by atoms with Crippen molar-refractivity contribution in [2.24, 2.45) is 0 Å². The zero-order valence-corrected chi connectivity index (χ0v) is 15.8. The van der Waals surface area contributed by atoms with Crippen molar-refractivity contribution in [3.63, 3.8) is 0 Å². The van der Waals surface area contributed by atoms with E-state index in [0.717, 1.165) is 17.1 Å². The van der Waals surface area contributed by atoms with E-state index in [0.29, 0.717) is 19.6 Å². The fraction of sp³-hybridized carbons (Fsp3) is 0.444. The molecular formula is C18H23N5O2S. The normalized spacial score (nSPS) is 17.8. The predicted molar refractivity (Wildman–Crippen MR) is 99.5 cm³/mol. The van der Waals surface area contributed by atoms with Gasteiger partial charge in [-0.1, -0.05) is 28.8 Å². The summed E-state index contributed by atoms with van der Waals surface area (Å²) in [6.45, 7) is 6.32. The van der Waals surface area contributed by atoms with E-state index in [2.05, 4.69) is 44.2 Å². The molecule has 0 saturated carbocycles. The number of amides is 2. The van der Waals surface area contributed by atoms with Gasteiger partial charge in [0.25, 0.3) is 0 Å². The molecule has 1 aliphatic heterocycles. The van der Waals surface area contributed by atoms with E-state index in [1.54, 1.807) is 0 Å². The van der Waals surface area contributed by atoms with E-state index < -0.39 is 6.04 Å². The number of aromatic nitrogens is 2. The zero-order valence-electron chi connectivity index (χ0n) is 15.0. The van der Waals surface area contributed by atoms with Crippen molar-refractivity contribution >= 4 is 23.3 Å². The van der Waals surface area contributed by atoms with Gasteiger partial charge in [-0.15, -0.1) is 5.10 Å². The summed E-state index contributed by atoms with van der Waals surface area (Å²) in [6, 6.07) is 7.68. The molecule has 2 heterocycles. The molecule has 1 saturated heterocycles. The number of hydrogen-bond donors (Lipinski definition) is 2. The van der Waals surface area contributed by atoms with E-state index >= 15 is 0 Å². The average Bonchev–Trinajstić information content (AvgIpc) is 3.03. The Labute approximate surface area is 157 Å². The first kappa shape index (κ1) is 18.5. The van der Waals surface area contributed by atoms with Crippen molar-refractivity contribution in [2.75, 3.05) is 13.1 Å². The van der Waals surface area contributed by atoms with Crippen LogP contribution in [0.15, 0.2) is 24.3 Å². The third-order valence-corrected chi connectivity index (χ3v) is 5.47. The maximum atomic E-state index is 12.4. The summed E-state index contributed by atoms with van der Waals surface area (Å²) in [4.78, 5) is 27.7. The topological polar surface area (TPSA) is 87.2 Å². The van der Waals surface area contributed by atoms with Crippen LogP contribution < -0.4 is 10.6 Å². The average molecular weight is 373 g/mol. The molecule has 138 valence electrons. The number of nitrogens with one attached hydrogen (secondary N) is 2. The van der Waals surface area contributed by atoms with Gasteiger partial charge in [0.2, 0.25) is 11.8 Å². The Morgan fingerprint density at radius 3 is 2.92 bits per heavy atom. The molecule has 0 unspecified atom stereocenters. The highest BCUT2D eigenvalue weighted by atomic mass is 32.1. The molecule has 2 N–H and O–H groups in total. The summed E-state index contributed by atoms with van der Waals surface area (Å²) < 4.78 is 3.86. The number of aryl methyl sites for hydroxylation is 2. The largest absolute Gasteiger partial charge is 0.353 e. The number of hydrogen-bond acceptors (Lipinski definition) is 6. The van der Waals surface area contributed by atoms with E-state index in [1.165, 1.54) is 22.7 Å². The molecule has 0 aliphatic carbocycles. The Morgan fingerprint density at radius 1 is 1.38 bits per heavy atom. The van der Waals surface area contributed by atoms with E-state index in [-0.39, 0.29) is 18.2 Å². The van der Waals surface area contributed by atoms with E-state index in [1.807, 2.05) is 19.1 Å². The van der Waals surface area contributed by atoms with Crippen molar-refractivity contribution in [1.82, 2.24) is 25.1 Å². The number of rotatable bonds is 6. The Kier molecular flexibility index (Phi) is 5.95. The van der Waals surface area contributed by atoms with Gasteiger partial charge in [-0.2, -0.15) is 0 Å². The Morgan fingerprint density at radius 2 is 2.19 bits per heavy atom. The lowest BCUT2D eigenvalue weighted by molar-refractivity contribution is -0.134. The highest BCUT2D eigenvalue weighted by molar-refractivity contribution is 7.05. The van der Waals surface area contributed by atoms with E-state index in [9.17, 15) is 9.59 Å². The Balaban J connectivity index is 1.62. The molecule has 1 aliphatic rings. The molecule has 3 rings (SSSR count). The van der Waals surface area contributed by atoms with Crippen molar-refractivity contribution in [3.8, 4) is 0 Å². The van der Waals surface area contributed by atoms with Gasteiger partial charge in [-0.05, 0) is 36.5 Å². The van der Waals surface area contributed by atoms with Gasteiger partial charge >= 0.3 is 0 Å². The van der Waals surface area contributed by atoms with Crippen LogP contribution in [0, 0.1) is 13.8 Å². The third-order valence-electron chi connectivity index (χ3n) is 4.65. The summed E-state index contributed by atoms with van der Waals surface area (Å²) in [5, 5.41) is 9.68. The second-order valence-electron chi connectivity index (χ2n) is 6.47. The molecular weight excluding hydrogens is 350 g/mol. The minimum atomic E-state index is -0.455. The second-order valence-corrected chi connectivity index (χ2v) is 7.30. The quantitative estimate of drug-likeness (QED) is 0.793. The molecule has 0 spiro atoms. The van der Waals surface area contributed by atoms with Crippen LogP contribution >= 0.6 is 11.5 Å². The van der Waals surface area contributed by atoms with Gasteiger partial charge in [0, 0.05) is 19.6 Å². The second kappa shape index (κ2) is 8.37. The first-order chi connectivity index (χ1) is 12.5. The lowest BCUT2D eigenvalue weighted by Crippen LogP contribution is -2.56. The SMILES string of the molecule is Cc1ccccc1CN1CCNC(=O)[C@@H]1CC(=O)NCc1snnc1C. The van der Waals surface area contributed by atoms with Crippen LogP contribution in [-0.4, -0.2) is 45.4 Å². The summed E-state index contributed by atoms with van der Waals surface area (Å²) in [5.41, 5.74) is 3.20. The fourth-order valence-electron chi connectivity index (χ4n) is 3.02. The monoisotopic (exact) mass is 373 g/mol. The van der Waals surface area contributed by atoms with Crippen LogP contribution in [0.3, 0.4) is 0 Å². The standard InChI is InChI=1S/C18H23N5O2S/c1-12-5-3-4-6-14(12)11-23-8-7-19-18(25)15(23)9-17(24)20-10-16-13(2)21-22-26-16/h3-6,15H,7-11H2,1-2H3,(H,19,25)(H,20,24)/t15-/m0/s1. The molecule has 1 fully saturated rings. The van der Waals surface area contributed by atoms with Gasteiger partial charge in [0.05, 0.1) is 29.6 Å². The molecule has 8 heteroatoms. The van der Waals surface area contributed by atoms with Gasteiger partial charge < -0.3 is 10.6 Å². The van der Waals surface area contributed by atoms with Crippen molar-refractivity contribution in [2.45, 2.75) is 39.4 Å². The lowest BCUT2D eigenvalue weighted by atomic mass is 10.0. The molecule has 2 amide bonds. The van der Waals surface area contributed by atoms with Crippen molar-refractivity contribution in [1.29, 1.82) is 0 Å². The first-order valence-electron chi connectivity index (χ1n) is 8.65.